The van der Waals surface area contributed by atoms with Gasteiger partial charge in [0.25, 0.3) is 16.1 Å². The van der Waals surface area contributed by atoms with Crippen molar-refractivity contribution >= 4 is 50.7 Å². The smallest absolute Gasteiger partial charge is 0.283 e. The van der Waals surface area contributed by atoms with Gasteiger partial charge >= 0.3 is 0 Å². The number of hydrogen-bond acceptors (Lipinski definition) is 6. The van der Waals surface area contributed by atoms with Gasteiger partial charge in [-0.15, -0.1) is 11.3 Å². The maximum atomic E-state index is 13.7. The van der Waals surface area contributed by atoms with Crippen LogP contribution in [0.2, 0.25) is 10.0 Å². The van der Waals surface area contributed by atoms with E-state index in [1.54, 1.807) is 29.8 Å². The molecular weight excluding hydrogens is 639 g/mol. The molecule has 0 atom stereocenters. The number of rotatable bonds is 9. The maximum absolute atomic E-state index is 13.7. The Morgan fingerprint density at radius 1 is 1.00 bits per heavy atom. The van der Waals surface area contributed by atoms with Crippen molar-refractivity contribution in [3.63, 3.8) is 0 Å². The van der Waals surface area contributed by atoms with E-state index in [4.69, 9.17) is 28.3 Å². The van der Waals surface area contributed by atoms with Gasteiger partial charge in [0.15, 0.2) is 5.69 Å². The van der Waals surface area contributed by atoms with Crippen LogP contribution in [0.4, 0.5) is 0 Å². The molecule has 1 fully saturated rings. The molecule has 1 aliphatic heterocycles. The minimum atomic E-state index is -3.85. The molecule has 0 radical (unpaired) electrons. The van der Waals surface area contributed by atoms with Gasteiger partial charge in [-0.3, -0.25) is 10.2 Å². The van der Waals surface area contributed by atoms with Crippen molar-refractivity contribution in [3.05, 3.63) is 91.9 Å². The molecule has 2 aromatic heterocycles. The Labute approximate surface area is 271 Å². The van der Waals surface area contributed by atoms with Gasteiger partial charge in [0.1, 0.15) is 0 Å². The van der Waals surface area contributed by atoms with Crippen molar-refractivity contribution in [3.8, 4) is 28.1 Å². The third-order valence-corrected chi connectivity index (χ3v) is 9.68. The Bertz CT molecular complexity index is 1820. The molecule has 5 rings (SSSR count). The summed E-state index contributed by atoms with van der Waals surface area (Å²) in [5, 5.41) is 7.37. The highest BCUT2D eigenvalue weighted by Gasteiger charge is 2.28. The highest BCUT2D eigenvalue weighted by molar-refractivity contribution is 7.87. The average molecular weight is 672 g/mol. The lowest BCUT2D eigenvalue weighted by molar-refractivity contribution is 0.0743. The van der Waals surface area contributed by atoms with Crippen LogP contribution in [0.5, 0.6) is 0 Å². The second-order valence-corrected chi connectivity index (χ2v) is 13.8. The van der Waals surface area contributed by atoms with Gasteiger partial charge in [0.2, 0.25) is 0 Å². The molecule has 4 aromatic rings. The van der Waals surface area contributed by atoms with E-state index in [1.165, 1.54) is 11.3 Å². The van der Waals surface area contributed by atoms with Crippen LogP contribution in [-0.2, 0) is 16.8 Å². The summed E-state index contributed by atoms with van der Waals surface area (Å²) in [5.74, 6) is 5.96. The number of aryl methyl sites for hydroxylation is 1. The fraction of sp³-hybridized carbons (Fsp3) is 0.290. The summed E-state index contributed by atoms with van der Waals surface area (Å²) in [6.07, 6.45) is 3.04. The van der Waals surface area contributed by atoms with Gasteiger partial charge in [0, 0.05) is 42.3 Å². The van der Waals surface area contributed by atoms with Crippen LogP contribution < -0.4 is 14.9 Å². The van der Waals surface area contributed by atoms with Gasteiger partial charge in [-0.25, -0.2) is 14.4 Å². The Morgan fingerprint density at radius 2 is 1.75 bits per heavy atom. The number of nitrogens with zero attached hydrogens (tertiary/aromatic N) is 3. The van der Waals surface area contributed by atoms with Crippen molar-refractivity contribution in [2.24, 2.45) is 0 Å². The van der Waals surface area contributed by atoms with Crippen LogP contribution in [0.1, 0.15) is 58.2 Å². The molecule has 3 heterocycles. The largest absolute Gasteiger partial charge is 0.286 e. The maximum Gasteiger partial charge on any atom is 0.286 e. The van der Waals surface area contributed by atoms with Crippen LogP contribution in [0.3, 0.4) is 0 Å². The van der Waals surface area contributed by atoms with Gasteiger partial charge in [-0.05, 0) is 62.2 Å². The number of nitrogens with one attached hydrogen (secondary N) is 3. The average Bonchev–Trinajstić information content (AvgIpc) is 3.61. The van der Waals surface area contributed by atoms with E-state index in [-0.39, 0.29) is 18.8 Å². The van der Waals surface area contributed by atoms with Crippen LogP contribution in [0.25, 0.3) is 16.3 Å². The fourth-order valence-corrected chi connectivity index (χ4v) is 7.02. The zero-order valence-corrected chi connectivity index (χ0v) is 27.4. The standard InChI is InChI=1S/C31H32Cl2N6O3S2/c1-3-34-44(41,42)35-20-25-29(31(40)37-38-17-5-4-6-18-38)36-39(27-15-12-23(32)19-26(27)33)30(25)28-16-14-24(43-28)13-11-22-9-7-21(2)8-10-22/h7-10,12,14-16,19,34-35H,3-6,17-18,20H2,1-2H3,(H,37,40). The molecule has 0 aliphatic carbocycles. The van der Waals surface area contributed by atoms with E-state index in [0.717, 1.165) is 53.2 Å². The quantitative estimate of drug-likeness (QED) is 0.198. The minimum Gasteiger partial charge on any atom is -0.283 e. The zero-order valence-electron chi connectivity index (χ0n) is 24.3. The summed E-state index contributed by atoms with van der Waals surface area (Å²) in [6.45, 7) is 5.17. The third kappa shape index (κ3) is 7.89. The Hall–Kier alpha value is -3.21. The number of aromatic nitrogens is 2. The van der Waals surface area contributed by atoms with Crippen LogP contribution in [0, 0.1) is 18.8 Å². The van der Waals surface area contributed by atoms with Crippen molar-refractivity contribution < 1.29 is 13.2 Å². The molecule has 0 saturated carbocycles. The highest BCUT2D eigenvalue weighted by Crippen LogP contribution is 2.36. The Balaban J connectivity index is 1.63. The Kier molecular flexibility index (Phi) is 10.4. The first-order chi connectivity index (χ1) is 21.1. The number of carbonyl (C=O) groups is 1. The third-order valence-electron chi connectivity index (χ3n) is 6.95. The van der Waals surface area contributed by atoms with E-state index < -0.39 is 16.1 Å². The predicted octanol–water partition coefficient (Wildman–Crippen LogP) is 5.69. The van der Waals surface area contributed by atoms with E-state index in [0.29, 0.717) is 27.0 Å². The van der Waals surface area contributed by atoms with Gasteiger partial charge < -0.3 is 0 Å². The van der Waals surface area contributed by atoms with Crippen molar-refractivity contribution in [1.82, 2.24) is 29.7 Å². The Morgan fingerprint density at radius 3 is 2.45 bits per heavy atom. The predicted molar refractivity (Wildman–Crippen MR) is 176 cm³/mol. The van der Waals surface area contributed by atoms with Crippen LogP contribution in [0.15, 0.2) is 54.6 Å². The highest BCUT2D eigenvalue weighted by atomic mass is 35.5. The molecule has 13 heteroatoms. The molecule has 1 amide bonds. The molecule has 0 unspecified atom stereocenters. The number of hydrazine groups is 1. The monoisotopic (exact) mass is 670 g/mol. The van der Waals surface area contributed by atoms with Crippen molar-refractivity contribution in [2.45, 2.75) is 39.7 Å². The summed E-state index contributed by atoms with van der Waals surface area (Å²) in [7, 11) is -3.85. The number of piperidine rings is 1. The van der Waals surface area contributed by atoms with E-state index in [1.807, 2.05) is 48.3 Å². The van der Waals surface area contributed by atoms with E-state index in [9.17, 15) is 13.2 Å². The summed E-state index contributed by atoms with van der Waals surface area (Å²) >= 11 is 14.3. The number of thiophene rings is 1. The molecule has 0 spiro atoms. The number of halogens is 2. The first kappa shape index (κ1) is 32.2. The molecule has 1 saturated heterocycles. The number of hydrogen-bond donors (Lipinski definition) is 3. The molecule has 9 nitrogen and oxygen atoms in total. The lowest BCUT2D eigenvalue weighted by Crippen LogP contribution is -2.45. The topological polar surface area (TPSA) is 108 Å². The second-order valence-electron chi connectivity index (χ2n) is 10.3. The van der Waals surface area contributed by atoms with Crippen LogP contribution >= 0.6 is 34.5 Å². The first-order valence-corrected chi connectivity index (χ1v) is 17.3. The number of carbonyl (C=O) groups excluding carboxylic acids is 1. The second kappa shape index (κ2) is 14.3. The number of amides is 1. The molecule has 0 bridgehead atoms. The minimum absolute atomic E-state index is 0.0801. The molecule has 3 N–H and O–H groups in total. The SMILES string of the molecule is CCNS(=O)(=O)NCc1c(C(=O)NN2CCCCC2)nn(-c2ccc(Cl)cc2Cl)c1-c1ccc(C#Cc2ccc(C)cc2)s1. The van der Waals surface area contributed by atoms with Crippen molar-refractivity contribution in [1.29, 1.82) is 0 Å². The molecule has 44 heavy (non-hydrogen) atoms. The normalized spacial score (nSPS) is 13.8. The first-order valence-electron chi connectivity index (χ1n) is 14.2. The summed E-state index contributed by atoms with van der Waals surface area (Å²) in [5.41, 5.74) is 6.49. The lowest BCUT2D eigenvalue weighted by Gasteiger charge is -2.26. The van der Waals surface area contributed by atoms with Gasteiger partial charge in [0.05, 0.1) is 26.2 Å². The van der Waals surface area contributed by atoms with E-state index >= 15 is 0 Å². The van der Waals surface area contributed by atoms with Gasteiger partial charge in [-0.1, -0.05) is 66.1 Å². The molecular formula is C31H32Cl2N6O3S2. The van der Waals surface area contributed by atoms with E-state index in [2.05, 4.69) is 26.7 Å². The van der Waals surface area contributed by atoms with Crippen molar-refractivity contribution in [2.75, 3.05) is 19.6 Å². The lowest BCUT2D eigenvalue weighted by atomic mass is 10.1. The fourth-order valence-electron chi connectivity index (χ4n) is 4.79. The number of benzene rings is 2. The zero-order chi connectivity index (χ0) is 31.3. The summed E-state index contributed by atoms with van der Waals surface area (Å²) < 4.78 is 31.9. The van der Waals surface area contributed by atoms with Crippen LogP contribution in [-0.4, -0.2) is 48.7 Å². The van der Waals surface area contributed by atoms with Gasteiger partial charge in [-0.2, -0.15) is 18.2 Å². The summed E-state index contributed by atoms with van der Waals surface area (Å²) in [6, 6.07) is 16.7. The molecule has 1 aliphatic rings. The summed E-state index contributed by atoms with van der Waals surface area (Å²) in [4.78, 5) is 15.3. The molecule has 230 valence electrons. The molecule has 2 aromatic carbocycles.